The summed E-state index contributed by atoms with van der Waals surface area (Å²) in [4.78, 5) is 9.15. The van der Waals surface area contributed by atoms with Crippen LogP contribution in [0.15, 0.2) is 4.52 Å². The number of rotatable bonds is 2. The van der Waals surface area contributed by atoms with E-state index in [1.165, 1.54) is 0 Å². The van der Waals surface area contributed by atoms with Gasteiger partial charge >= 0.3 is 12.1 Å². The van der Waals surface area contributed by atoms with E-state index < -0.39 is 4.33 Å². The van der Waals surface area contributed by atoms with Gasteiger partial charge in [0.2, 0.25) is 0 Å². The van der Waals surface area contributed by atoms with E-state index in [1.807, 2.05) is 0 Å². The fourth-order valence-corrected chi connectivity index (χ4v) is 0.100. The van der Waals surface area contributed by atoms with Gasteiger partial charge in [0, 0.05) is 0 Å². The van der Waals surface area contributed by atoms with Crippen LogP contribution in [0.25, 0.3) is 0 Å². The maximum atomic E-state index is 9.15. The molecule has 0 aromatic rings. The van der Waals surface area contributed by atoms with Crippen LogP contribution in [0.1, 0.15) is 0 Å². The molecule has 0 spiro atoms. The third-order valence-electron chi connectivity index (χ3n) is 0.107. The van der Waals surface area contributed by atoms with E-state index in [0.29, 0.717) is 0 Å². The van der Waals surface area contributed by atoms with Crippen molar-refractivity contribution in [2.75, 3.05) is 0 Å². The van der Waals surface area contributed by atoms with Crippen LogP contribution in [0.2, 0.25) is 0 Å². The molecule has 0 saturated heterocycles. The second kappa shape index (κ2) is 2.58. The van der Waals surface area contributed by atoms with E-state index >= 15 is 0 Å². The first-order valence-electron chi connectivity index (χ1n) is 0.954. The molecule has 0 amide bonds. The molecule has 0 fully saturated rings. The number of hydrogen-bond acceptors (Lipinski definition) is 5. The van der Waals surface area contributed by atoms with Crippen molar-refractivity contribution in [3.8, 4) is 0 Å². The van der Waals surface area contributed by atoms with Crippen LogP contribution in [0.4, 0.5) is 0 Å². The minimum absolute atomic E-state index is 0.000000000000000222. The predicted molar refractivity (Wildman–Crippen MR) is 19.7 cm³/mol. The summed E-state index contributed by atoms with van der Waals surface area (Å²) in [5.74, 6) is 0. The summed E-state index contributed by atoms with van der Waals surface area (Å²) < 4.78 is 1.65. The van der Waals surface area contributed by atoms with E-state index in [-0.39, 0.29) is 12.1 Å². The monoisotopic (exact) mass is 107 g/mol. The lowest BCUT2D eigenvalue weighted by Crippen LogP contribution is -1.74. The molecule has 6 heavy (non-hydrogen) atoms. The first-order chi connectivity index (χ1) is 2.77. The fourth-order valence-electron chi connectivity index (χ4n) is 0.0333. The molecule has 0 aliphatic carbocycles. The number of hydrogen-bond donors (Lipinski definition) is 1. The molecule has 0 aromatic carbocycles. The summed E-state index contributed by atoms with van der Waals surface area (Å²) in [6, 6.07) is 0. The Kier molecular flexibility index (Phi) is 2.30. The molecular weight excluding hydrogens is 106 g/mol. The van der Waals surface area contributed by atoms with E-state index in [4.69, 9.17) is 15.6 Å². The standard InChI is InChI=1S/HN3O2S/c1-2-6-3(4)5/h1H. The average Bonchev–Trinajstić information content (AvgIpc) is 1.35. The molecule has 5 nitrogen and oxygen atoms in total. The van der Waals surface area contributed by atoms with Gasteiger partial charge in [-0.25, -0.2) is 10.1 Å². The van der Waals surface area contributed by atoms with Gasteiger partial charge in [-0.1, -0.05) is 0 Å². The molecule has 0 aliphatic heterocycles. The SMILES string of the molecule is N=NS[N+](=O)[O-]. The summed E-state index contributed by atoms with van der Waals surface area (Å²) in [6.45, 7) is 0. The summed E-state index contributed by atoms with van der Waals surface area (Å²) in [6.07, 6.45) is 0. The first kappa shape index (κ1) is 5.35. The highest BCUT2D eigenvalue weighted by Gasteiger charge is 1.91. The molecule has 0 heterocycles. The third-order valence-corrected chi connectivity index (χ3v) is 0.322. The topological polar surface area (TPSA) is 79.3 Å². The quantitative estimate of drug-likeness (QED) is 0.246. The van der Waals surface area contributed by atoms with Crippen molar-refractivity contribution in [1.82, 2.24) is 0 Å². The van der Waals surface area contributed by atoms with Gasteiger partial charge in [0.25, 0.3) is 0 Å². The van der Waals surface area contributed by atoms with Gasteiger partial charge < -0.3 is 0 Å². The summed E-state index contributed by atoms with van der Waals surface area (Å²) in [5, 5.41) is 9.15. The van der Waals surface area contributed by atoms with Gasteiger partial charge in [-0.15, -0.1) is 0 Å². The Morgan fingerprint density at radius 2 is 2.50 bits per heavy atom. The van der Waals surface area contributed by atoms with Crippen LogP contribution in [0, 0.1) is 15.6 Å². The minimum Gasteiger partial charge on any atom is -0.249 e. The Labute approximate surface area is 37.7 Å². The van der Waals surface area contributed by atoms with Crippen molar-refractivity contribution in [3.63, 3.8) is 0 Å². The minimum atomic E-state index is -0.757. The van der Waals surface area contributed by atoms with E-state index in [0.717, 1.165) is 0 Å². The normalized spacial score (nSPS) is 7.33. The Hall–Kier alpha value is -0.650. The zero-order valence-corrected chi connectivity index (χ0v) is 3.44. The zero-order valence-electron chi connectivity index (χ0n) is 2.62. The molecule has 0 rings (SSSR count). The van der Waals surface area contributed by atoms with E-state index in [2.05, 4.69) is 4.52 Å². The van der Waals surface area contributed by atoms with Gasteiger partial charge in [0.1, 0.15) is 4.33 Å². The van der Waals surface area contributed by atoms with Crippen molar-refractivity contribution < 1.29 is 4.33 Å². The molecule has 0 aromatic heterocycles. The van der Waals surface area contributed by atoms with Crippen molar-refractivity contribution >= 4 is 12.1 Å². The van der Waals surface area contributed by atoms with Crippen LogP contribution in [-0.4, -0.2) is 4.33 Å². The van der Waals surface area contributed by atoms with Gasteiger partial charge in [-0.05, 0) is 4.52 Å². The molecule has 34 valence electrons. The summed E-state index contributed by atoms with van der Waals surface area (Å²) >= 11 is -0.000000000000000222. The molecule has 1 N–H and O–H groups in total. The van der Waals surface area contributed by atoms with Crippen LogP contribution in [0.5, 0.6) is 0 Å². The summed E-state index contributed by atoms with van der Waals surface area (Å²) in [7, 11) is 0. The fraction of sp³-hybridized carbons (Fsp3) is 0. The molecule has 0 atom stereocenters. The lowest BCUT2D eigenvalue weighted by Gasteiger charge is -1.68. The van der Waals surface area contributed by atoms with Crippen LogP contribution >= 0.6 is 12.1 Å². The Bertz CT molecular complexity index is 69.2. The van der Waals surface area contributed by atoms with E-state index in [1.54, 1.807) is 0 Å². The lowest BCUT2D eigenvalue weighted by atomic mass is 13.3. The number of nitrogens with zero attached hydrogens (tertiary/aromatic N) is 2. The molecule has 0 radical (unpaired) electrons. The Morgan fingerprint density at radius 1 is 2.00 bits per heavy atom. The maximum Gasteiger partial charge on any atom is 0.396 e. The van der Waals surface area contributed by atoms with Gasteiger partial charge in [-0.3, -0.25) is 0 Å². The largest absolute Gasteiger partial charge is 0.396 e. The molecule has 0 aliphatic rings. The first-order valence-corrected chi connectivity index (χ1v) is 1.68. The van der Waals surface area contributed by atoms with Crippen LogP contribution < -0.4 is 0 Å². The zero-order chi connectivity index (χ0) is 4.99. The Balaban J connectivity index is 3.05. The number of nitrogens with one attached hydrogen (secondary N) is 1. The number of nitro groups is 1. The molecule has 6 heteroatoms. The average molecular weight is 107 g/mol. The predicted octanol–water partition coefficient (Wildman–Crippen LogP) is 0.857. The molecule has 0 unspecified atom stereocenters. The van der Waals surface area contributed by atoms with Gasteiger partial charge in [0.05, 0.1) is 0 Å². The Morgan fingerprint density at radius 3 is 2.50 bits per heavy atom. The molecular formula is HN3O2S. The highest BCUT2D eigenvalue weighted by molar-refractivity contribution is 7.91. The van der Waals surface area contributed by atoms with Gasteiger partial charge in [0.15, 0.2) is 0 Å². The maximum absolute atomic E-state index is 9.15. The summed E-state index contributed by atoms with van der Waals surface area (Å²) in [5.41, 5.74) is 5.88. The lowest BCUT2D eigenvalue weighted by molar-refractivity contribution is -0.284. The van der Waals surface area contributed by atoms with Crippen molar-refractivity contribution in [3.05, 3.63) is 10.1 Å². The molecule has 0 bridgehead atoms. The molecule has 0 saturated carbocycles. The highest BCUT2D eigenvalue weighted by Crippen LogP contribution is 1.97. The van der Waals surface area contributed by atoms with Crippen LogP contribution in [0.3, 0.4) is 0 Å². The van der Waals surface area contributed by atoms with Crippen molar-refractivity contribution in [2.45, 2.75) is 0 Å². The third kappa shape index (κ3) is 3.35. The van der Waals surface area contributed by atoms with Crippen LogP contribution in [-0.2, 0) is 0 Å². The second-order valence-electron chi connectivity index (χ2n) is 0.397. The van der Waals surface area contributed by atoms with Crippen molar-refractivity contribution in [1.29, 1.82) is 5.53 Å². The smallest absolute Gasteiger partial charge is 0.249 e. The second-order valence-corrected chi connectivity index (χ2v) is 1.04. The highest BCUT2D eigenvalue weighted by atomic mass is 32.2. The van der Waals surface area contributed by atoms with E-state index in [9.17, 15) is 0 Å². The van der Waals surface area contributed by atoms with Crippen molar-refractivity contribution in [2.24, 2.45) is 4.52 Å². The van der Waals surface area contributed by atoms with Gasteiger partial charge in [-0.2, -0.15) is 5.53 Å².